The fourth-order valence-corrected chi connectivity index (χ4v) is 3.41. The molecule has 2 heterocycles. The van der Waals surface area contributed by atoms with Crippen molar-refractivity contribution in [1.29, 1.82) is 0 Å². The average molecular weight is 420 g/mol. The second kappa shape index (κ2) is 8.43. The van der Waals surface area contributed by atoms with Crippen molar-refractivity contribution in [1.82, 2.24) is 14.8 Å². The van der Waals surface area contributed by atoms with Crippen LogP contribution in [0.1, 0.15) is 11.4 Å². The van der Waals surface area contributed by atoms with Gasteiger partial charge < -0.3 is 4.90 Å². The minimum Gasteiger partial charge on any atom is -0.303 e. The van der Waals surface area contributed by atoms with Crippen LogP contribution in [0.15, 0.2) is 71.7 Å². The first-order valence-electron chi connectivity index (χ1n) is 9.54. The minimum atomic E-state index is -0.859. The number of hydrogen-bond donors (Lipinski definition) is 0. The summed E-state index contributed by atoms with van der Waals surface area (Å²) >= 11 is 0. The molecule has 0 saturated heterocycles. The van der Waals surface area contributed by atoms with Gasteiger partial charge in [-0.05, 0) is 30.3 Å². The lowest BCUT2D eigenvalue weighted by atomic mass is 10.1. The Morgan fingerprint density at radius 1 is 1.03 bits per heavy atom. The van der Waals surface area contributed by atoms with E-state index in [1.54, 1.807) is 48.7 Å². The Bertz CT molecular complexity index is 1320. The molecule has 0 aliphatic carbocycles. The van der Waals surface area contributed by atoms with Gasteiger partial charge in [-0.2, -0.15) is 5.10 Å². The summed E-state index contributed by atoms with van der Waals surface area (Å²) in [5, 5.41) is 5.24. The lowest BCUT2D eigenvalue weighted by Crippen LogP contribution is -2.34. The SMILES string of the molecule is Cn1nc(CC(=O)N(Cc2ccccn2)c2ccc(F)cc2F)c2ccccc2c1=O. The normalized spacial score (nSPS) is 10.9. The number of hydrogen-bond acceptors (Lipinski definition) is 4. The Balaban J connectivity index is 1.75. The van der Waals surface area contributed by atoms with Crippen molar-refractivity contribution in [3.63, 3.8) is 0 Å². The molecule has 1 amide bonds. The summed E-state index contributed by atoms with van der Waals surface area (Å²) in [5.41, 5.74) is 0.585. The number of anilines is 1. The van der Waals surface area contributed by atoms with E-state index in [1.165, 1.54) is 22.7 Å². The number of rotatable bonds is 5. The van der Waals surface area contributed by atoms with Gasteiger partial charge in [-0.1, -0.05) is 24.3 Å². The number of aromatic nitrogens is 3. The third-order valence-corrected chi connectivity index (χ3v) is 4.90. The lowest BCUT2D eigenvalue weighted by molar-refractivity contribution is -0.118. The van der Waals surface area contributed by atoms with Gasteiger partial charge in [0.05, 0.1) is 35.4 Å². The van der Waals surface area contributed by atoms with Gasteiger partial charge in [-0.15, -0.1) is 0 Å². The fraction of sp³-hybridized carbons (Fsp3) is 0.130. The molecule has 0 saturated carbocycles. The van der Waals surface area contributed by atoms with Crippen LogP contribution in [-0.2, 0) is 24.8 Å². The lowest BCUT2D eigenvalue weighted by Gasteiger charge is -2.23. The van der Waals surface area contributed by atoms with Crippen molar-refractivity contribution >= 4 is 22.4 Å². The summed E-state index contributed by atoms with van der Waals surface area (Å²) in [5.74, 6) is -2.06. The maximum absolute atomic E-state index is 14.6. The van der Waals surface area contributed by atoms with Gasteiger partial charge in [-0.25, -0.2) is 13.5 Å². The van der Waals surface area contributed by atoms with E-state index in [0.29, 0.717) is 22.2 Å². The van der Waals surface area contributed by atoms with Crippen molar-refractivity contribution in [2.75, 3.05) is 4.90 Å². The van der Waals surface area contributed by atoms with Crippen LogP contribution in [0.3, 0.4) is 0 Å². The van der Waals surface area contributed by atoms with Crippen LogP contribution in [0.25, 0.3) is 10.8 Å². The van der Waals surface area contributed by atoms with E-state index in [1.807, 2.05) is 0 Å². The number of benzene rings is 2. The molecule has 0 spiro atoms. The molecule has 4 aromatic rings. The zero-order valence-electron chi connectivity index (χ0n) is 16.6. The first-order valence-corrected chi connectivity index (χ1v) is 9.54. The molecule has 0 N–H and O–H groups in total. The second-order valence-corrected chi connectivity index (χ2v) is 6.99. The highest BCUT2D eigenvalue weighted by Gasteiger charge is 2.23. The average Bonchev–Trinajstić information content (AvgIpc) is 2.77. The largest absolute Gasteiger partial charge is 0.303 e. The summed E-state index contributed by atoms with van der Waals surface area (Å²) in [4.78, 5) is 31.1. The monoisotopic (exact) mass is 420 g/mol. The maximum Gasteiger partial charge on any atom is 0.274 e. The molecule has 2 aromatic carbocycles. The van der Waals surface area contributed by atoms with Gasteiger partial charge in [0, 0.05) is 24.7 Å². The van der Waals surface area contributed by atoms with Crippen molar-refractivity contribution in [2.45, 2.75) is 13.0 Å². The number of nitrogens with zero attached hydrogens (tertiary/aromatic N) is 4. The minimum absolute atomic E-state index is 0.00801. The van der Waals surface area contributed by atoms with E-state index < -0.39 is 17.5 Å². The van der Waals surface area contributed by atoms with Gasteiger partial charge in [-0.3, -0.25) is 14.6 Å². The molecule has 8 heteroatoms. The number of carbonyl (C=O) groups is 1. The van der Waals surface area contributed by atoms with Gasteiger partial charge in [0.2, 0.25) is 5.91 Å². The number of pyridine rings is 1. The Morgan fingerprint density at radius 3 is 2.48 bits per heavy atom. The number of carbonyl (C=O) groups excluding carboxylic acids is 1. The highest BCUT2D eigenvalue weighted by atomic mass is 19.1. The molecule has 0 bridgehead atoms. The first-order chi connectivity index (χ1) is 14.9. The summed E-state index contributed by atoms with van der Waals surface area (Å²) in [7, 11) is 1.51. The molecule has 0 unspecified atom stereocenters. The zero-order chi connectivity index (χ0) is 22.0. The van der Waals surface area contributed by atoms with Crippen molar-refractivity contribution in [3.8, 4) is 0 Å². The molecule has 156 valence electrons. The molecular formula is C23H18F2N4O2. The van der Waals surface area contributed by atoms with Crippen LogP contribution < -0.4 is 10.5 Å². The van der Waals surface area contributed by atoms with E-state index in [4.69, 9.17) is 0 Å². The Morgan fingerprint density at radius 2 is 1.77 bits per heavy atom. The standard InChI is InChI=1S/C23H18F2N4O2/c1-28-23(31)18-8-3-2-7-17(18)20(27-28)13-22(30)29(14-16-6-4-5-11-26-16)21-10-9-15(24)12-19(21)25/h2-12H,13-14H2,1H3. The van der Waals surface area contributed by atoms with Crippen molar-refractivity contribution in [2.24, 2.45) is 7.05 Å². The summed E-state index contributed by atoms with van der Waals surface area (Å²) < 4.78 is 29.2. The van der Waals surface area contributed by atoms with Gasteiger partial charge in [0.25, 0.3) is 5.56 Å². The molecule has 0 radical (unpaired) electrons. The predicted octanol–water partition coefficient (Wildman–Crippen LogP) is 3.38. The van der Waals surface area contributed by atoms with Crippen LogP contribution in [0, 0.1) is 11.6 Å². The first kappa shape index (κ1) is 20.3. The van der Waals surface area contributed by atoms with E-state index >= 15 is 0 Å². The van der Waals surface area contributed by atoms with E-state index in [9.17, 15) is 18.4 Å². The van der Waals surface area contributed by atoms with Crippen molar-refractivity contribution in [3.05, 3.63) is 100 Å². The summed E-state index contributed by atoms with van der Waals surface area (Å²) in [6, 6.07) is 15.1. The molecule has 0 aliphatic rings. The molecule has 0 atom stereocenters. The van der Waals surface area contributed by atoms with E-state index in [2.05, 4.69) is 10.1 Å². The molecular weight excluding hydrogens is 402 g/mol. The van der Waals surface area contributed by atoms with Crippen LogP contribution in [0.4, 0.5) is 14.5 Å². The Labute approximate surface area is 176 Å². The zero-order valence-corrected chi connectivity index (χ0v) is 16.6. The van der Waals surface area contributed by atoms with Crippen LogP contribution in [0.2, 0.25) is 0 Å². The quantitative estimate of drug-likeness (QED) is 0.496. The molecule has 0 aliphatic heterocycles. The molecule has 4 rings (SSSR count). The smallest absolute Gasteiger partial charge is 0.274 e. The third kappa shape index (κ3) is 4.18. The molecule has 6 nitrogen and oxygen atoms in total. The Kier molecular flexibility index (Phi) is 5.53. The number of aryl methyl sites for hydroxylation is 1. The number of amides is 1. The van der Waals surface area contributed by atoms with E-state index in [0.717, 1.165) is 12.1 Å². The van der Waals surface area contributed by atoms with Crippen LogP contribution in [-0.4, -0.2) is 20.7 Å². The number of fused-ring (bicyclic) bond motifs is 1. The highest BCUT2D eigenvalue weighted by molar-refractivity contribution is 5.97. The van der Waals surface area contributed by atoms with Gasteiger partial charge in [0.1, 0.15) is 11.6 Å². The highest BCUT2D eigenvalue weighted by Crippen LogP contribution is 2.24. The Hall–Kier alpha value is -3.94. The topological polar surface area (TPSA) is 68.1 Å². The molecule has 0 fully saturated rings. The molecule has 31 heavy (non-hydrogen) atoms. The van der Waals surface area contributed by atoms with Crippen LogP contribution in [0.5, 0.6) is 0 Å². The fourth-order valence-electron chi connectivity index (χ4n) is 3.41. The number of halogens is 2. The van der Waals surface area contributed by atoms with Gasteiger partial charge in [0.15, 0.2) is 0 Å². The van der Waals surface area contributed by atoms with Crippen molar-refractivity contribution < 1.29 is 13.6 Å². The van der Waals surface area contributed by atoms with Gasteiger partial charge >= 0.3 is 0 Å². The second-order valence-electron chi connectivity index (χ2n) is 6.99. The predicted molar refractivity (Wildman–Crippen MR) is 112 cm³/mol. The third-order valence-electron chi connectivity index (χ3n) is 4.90. The van der Waals surface area contributed by atoms with E-state index in [-0.39, 0.29) is 24.2 Å². The van der Waals surface area contributed by atoms with Crippen LogP contribution >= 0.6 is 0 Å². The maximum atomic E-state index is 14.6. The summed E-state index contributed by atoms with van der Waals surface area (Å²) in [6.07, 6.45) is 1.39. The molecule has 2 aromatic heterocycles. The summed E-state index contributed by atoms with van der Waals surface area (Å²) in [6.45, 7) is -0.00801.